The van der Waals surface area contributed by atoms with Gasteiger partial charge >= 0.3 is 0 Å². The van der Waals surface area contributed by atoms with Gasteiger partial charge in [-0.3, -0.25) is 9.52 Å². The van der Waals surface area contributed by atoms with Crippen LogP contribution in [-0.4, -0.2) is 28.0 Å². The molecule has 0 aliphatic carbocycles. The average Bonchev–Trinajstić information content (AvgIpc) is 2.73. The molecule has 0 saturated heterocycles. The van der Waals surface area contributed by atoms with E-state index in [4.69, 9.17) is 4.74 Å². The molecule has 0 heterocycles. The second kappa shape index (κ2) is 9.66. The van der Waals surface area contributed by atoms with E-state index in [1.165, 1.54) is 7.11 Å². The first-order chi connectivity index (χ1) is 14.8. The Hall–Kier alpha value is -3.32. The van der Waals surface area contributed by atoms with Gasteiger partial charge in [-0.25, -0.2) is 8.42 Å². The van der Waals surface area contributed by atoms with Crippen molar-refractivity contribution in [2.75, 3.05) is 18.4 Å². The SMILES string of the molecule is COc1cc(C)c(S(=O)(=O)Nc2ccccc2C(=O)NCCc2ccccc2)c(C)c1. The van der Waals surface area contributed by atoms with E-state index in [0.29, 0.717) is 29.8 Å². The number of ether oxygens (including phenoxy) is 1. The van der Waals surface area contributed by atoms with Crippen LogP contribution < -0.4 is 14.8 Å². The number of carbonyl (C=O) groups excluding carboxylic acids is 1. The summed E-state index contributed by atoms with van der Waals surface area (Å²) >= 11 is 0. The highest BCUT2D eigenvalue weighted by molar-refractivity contribution is 7.92. The molecule has 0 radical (unpaired) electrons. The van der Waals surface area contributed by atoms with Crippen molar-refractivity contribution in [2.24, 2.45) is 0 Å². The number of rotatable bonds is 8. The zero-order chi connectivity index (χ0) is 22.4. The maximum absolute atomic E-state index is 13.1. The summed E-state index contributed by atoms with van der Waals surface area (Å²) < 4.78 is 34.1. The lowest BCUT2D eigenvalue weighted by atomic mass is 10.1. The molecule has 31 heavy (non-hydrogen) atoms. The number of benzene rings is 3. The Bertz CT molecular complexity index is 1150. The summed E-state index contributed by atoms with van der Waals surface area (Å²) in [6.45, 7) is 3.87. The summed E-state index contributed by atoms with van der Waals surface area (Å²) in [5.74, 6) is 0.254. The van der Waals surface area contributed by atoms with E-state index in [2.05, 4.69) is 10.0 Å². The van der Waals surface area contributed by atoms with Gasteiger partial charge in [0.1, 0.15) is 5.75 Å². The predicted octanol–water partition coefficient (Wildman–Crippen LogP) is 4.09. The molecule has 3 aromatic rings. The van der Waals surface area contributed by atoms with Crippen LogP contribution in [0, 0.1) is 13.8 Å². The van der Waals surface area contributed by atoms with E-state index in [-0.39, 0.29) is 22.1 Å². The van der Waals surface area contributed by atoms with Gasteiger partial charge in [0.05, 0.1) is 23.3 Å². The molecule has 2 N–H and O–H groups in total. The van der Waals surface area contributed by atoms with Crippen molar-refractivity contribution in [3.8, 4) is 5.75 Å². The summed E-state index contributed by atoms with van der Waals surface area (Å²) in [5.41, 5.74) is 2.74. The van der Waals surface area contributed by atoms with Crippen LogP contribution in [0.1, 0.15) is 27.0 Å². The van der Waals surface area contributed by atoms with Crippen LogP contribution in [0.3, 0.4) is 0 Å². The van der Waals surface area contributed by atoms with Crippen LogP contribution >= 0.6 is 0 Å². The summed E-state index contributed by atoms with van der Waals surface area (Å²) in [4.78, 5) is 12.9. The number of nitrogens with one attached hydrogen (secondary N) is 2. The number of carbonyl (C=O) groups is 1. The van der Waals surface area contributed by atoms with Crippen molar-refractivity contribution in [3.63, 3.8) is 0 Å². The topological polar surface area (TPSA) is 84.5 Å². The molecule has 0 unspecified atom stereocenters. The third-order valence-electron chi connectivity index (χ3n) is 4.90. The van der Waals surface area contributed by atoms with Crippen LogP contribution in [0.25, 0.3) is 0 Å². The Morgan fingerprint density at radius 3 is 2.19 bits per heavy atom. The molecule has 0 fully saturated rings. The van der Waals surface area contributed by atoms with Crippen LogP contribution in [0.15, 0.2) is 71.6 Å². The maximum Gasteiger partial charge on any atom is 0.262 e. The Morgan fingerprint density at radius 1 is 0.935 bits per heavy atom. The zero-order valence-electron chi connectivity index (χ0n) is 17.8. The highest BCUT2D eigenvalue weighted by atomic mass is 32.2. The molecule has 162 valence electrons. The summed E-state index contributed by atoms with van der Waals surface area (Å²) in [6.07, 6.45) is 0.685. The molecule has 6 nitrogen and oxygen atoms in total. The van der Waals surface area contributed by atoms with Crippen molar-refractivity contribution in [3.05, 3.63) is 89.0 Å². The number of aryl methyl sites for hydroxylation is 2. The minimum atomic E-state index is -3.90. The Balaban J connectivity index is 1.79. The lowest BCUT2D eigenvalue weighted by Crippen LogP contribution is -2.27. The van der Waals surface area contributed by atoms with Crippen molar-refractivity contribution in [1.82, 2.24) is 5.32 Å². The number of amides is 1. The van der Waals surface area contributed by atoms with Crippen LogP contribution in [-0.2, 0) is 16.4 Å². The molecule has 0 aliphatic rings. The fraction of sp³-hybridized carbons (Fsp3) is 0.208. The molecule has 0 bridgehead atoms. The van der Waals surface area contributed by atoms with Crippen molar-refractivity contribution in [2.45, 2.75) is 25.2 Å². The van der Waals surface area contributed by atoms with Gasteiger partial charge in [0.2, 0.25) is 0 Å². The van der Waals surface area contributed by atoms with E-state index in [0.717, 1.165) is 5.56 Å². The quantitative estimate of drug-likeness (QED) is 0.555. The van der Waals surface area contributed by atoms with E-state index in [9.17, 15) is 13.2 Å². The fourth-order valence-corrected chi connectivity index (χ4v) is 5.01. The number of para-hydroxylation sites is 1. The standard InChI is InChI=1S/C24H26N2O4S/c1-17-15-20(30-3)16-18(2)23(17)31(28,29)26-22-12-8-7-11-21(22)24(27)25-14-13-19-9-5-4-6-10-19/h4-12,15-16,26H,13-14H2,1-3H3,(H,25,27). The average molecular weight is 439 g/mol. The van der Waals surface area contributed by atoms with E-state index in [1.807, 2.05) is 30.3 Å². The van der Waals surface area contributed by atoms with Crippen LogP contribution in [0.5, 0.6) is 5.75 Å². The maximum atomic E-state index is 13.1. The molecule has 0 atom stereocenters. The Morgan fingerprint density at radius 2 is 1.55 bits per heavy atom. The van der Waals surface area contributed by atoms with Gasteiger partial charge in [0, 0.05) is 6.54 Å². The molecule has 0 spiro atoms. The van der Waals surface area contributed by atoms with E-state index in [1.54, 1.807) is 50.2 Å². The molecule has 0 aliphatic heterocycles. The Kier molecular flexibility index (Phi) is 6.97. The Labute approximate surface area is 183 Å². The minimum Gasteiger partial charge on any atom is -0.497 e. The number of hydrogen-bond acceptors (Lipinski definition) is 4. The first-order valence-corrected chi connectivity index (χ1v) is 11.4. The zero-order valence-corrected chi connectivity index (χ0v) is 18.6. The lowest BCUT2D eigenvalue weighted by Gasteiger charge is -2.16. The van der Waals surface area contributed by atoms with Gasteiger partial charge in [0.15, 0.2) is 0 Å². The molecule has 0 saturated carbocycles. The first kappa shape index (κ1) is 22.4. The third kappa shape index (κ3) is 5.44. The minimum absolute atomic E-state index is 0.174. The van der Waals surface area contributed by atoms with Gasteiger partial charge in [-0.2, -0.15) is 0 Å². The van der Waals surface area contributed by atoms with Crippen LogP contribution in [0.4, 0.5) is 5.69 Å². The number of sulfonamides is 1. The predicted molar refractivity (Wildman–Crippen MR) is 122 cm³/mol. The molecule has 3 rings (SSSR count). The van der Waals surface area contributed by atoms with Gasteiger partial charge < -0.3 is 10.1 Å². The molecular formula is C24H26N2O4S. The fourth-order valence-electron chi connectivity index (χ4n) is 3.48. The lowest BCUT2D eigenvalue weighted by molar-refractivity contribution is 0.0955. The van der Waals surface area contributed by atoms with Gasteiger partial charge in [-0.1, -0.05) is 42.5 Å². The van der Waals surface area contributed by atoms with E-state index >= 15 is 0 Å². The van der Waals surface area contributed by atoms with Crippen molar-refractivity contribution >= 4 is 21.6 Å². The molecule has 0 aromatic heterocycles. The molecule has 7 heteroatoms. The number of methoxy groups -OCH3 is 1. The van der Waals surface area contributed by atoms with Crippen molar-refractivity contribution < 1.29 is 17.9 Å². The van der Waals surface area contributed by atoms with E-state index < -0.39 is 10.0 Å². The second-order valence-electron chi connectivity index (χ2n) is 7.23. The number of hydrogen-bond donors (Lipinski definition) is 2. The first-order valence-electron chi connectivity index (χ1n) is 9.91. The van der Waals surface area contributed by atoms with Gasteiger partial charge in [0.25, 0.3) is 15.9 Å². The monoisotopic (exact) mass is 438 g/mol. The summed E-state index contributed by atoms with van der Waals surface area (Å²) in [6, 6.07) is 19.7. The largest absolute Gasteiger partial charge is 0.497 e. The molecule has 1 amide bonds. The van der Waals surface area contributed by atoms with Gasteiger partial charge in [-0.15, -0.1) is 0 Å². The van der Waals surface area contributed by atoms with Crippen LogP contribution in [0.2, 0.25) is 0 Å². The highest BCUT2D eigenvalue weighted by Gasteiger charge is 2.23. The highest BCUT2D eigenvalue weighted by Crippen LogP contribution is 2.28. The van der Waals surface area contributed by atoms with Gasteiger partial charge in [-0.05, 0) is 61.2 Å². The molecular weight excluding hydrogens is 412 g/mol. The summed E-state index contributed by atoms with van der Waals surface area (Å²) in [7, 11) is -2.37. The summed E-state index contributed by atoms with van der Waals surface area (Å²) in [5, 5.41) is 2.86. The third-order valence-corrected chi connectivity index (χ3v) is 6.57. The second-order valence-corrected chi connectivity index (χ2v) is 8.85. The smallest absolute Gasteiger partial charge is 0.262 e. The van der Waals surface area contributed by atoms with Crippen molar-refractivity contribution in [1.29, 1.82) is 0 Å². The number of anilines is 1. The molecule has 3 aromatic carbocycles. The normalized spacial score (nSPS) is 11.1.